The van der Waals surface area contributed by atoms with Crippen molar-refractivity contribution in [2.24, 2.45) is 0 Å². The quantitative estimate of drug-likeness (QED) is 0.276. The lowest BCUT2D eigenvalue weighted by Gasteiger charge is -2.12. The van der Waals surface area contributed by atoms with Crippen molar-refractivity contribution in [3.63, 3.8) is 0 Å². The monoisotopic (exact) mass is 405 g/mol. The lowest BCUT2D eigenvalue weighted by Crippen LogP contribution is -2.10. The highest BCUT2D eigenvalue weighted by Crippen LogP contribution is 2.23. The molecular formula is C25H27NO4. The Balaban J connectivity index is 1.42. The SMILES string of the molecule is Nc1ccc(C(=O)OCc2ccccc2)c(OCCCCOCc2ccccc2)c1. The Labute approximate surface area is 177 Å². The molecule has 3 aromatic rings. The largest absolute Gasteiger partial charge is 0.493 e. The first kappa shape index (κ1) is 21.4. The molecule has 0 aliphatic rings. The van der Waals surface area contributed by atoms with E-state index in [0.717, 1.165) is 24.0 Å². The highest BCUT2D eigenvalue weighted by Gasteiger charge is 2.15. The Morgan fingerprint density at radius 3 is 2.10 bits per heavy atom. The summed E-state index contributed by atoms with van der Waals surface area (Å²) in [5, 5.41) is 0. The van der Waals surface area contributed by atoms with Gasteiger partial charge in [0, 0.05) is 18.4 Å². The lowest BCUT2D eigenvalue weighted by atomic mass is 10.2. The first-order valence-corrected chi connectivity index (χ1v) is 10.1. The predicted octanol–water partition coefficient (Wildman–Crippen LogP) is 5.00. The zero-order valence-corrected chi connectivity index (χ0v) is 17.0. The minimum absolute atomic E-state index is 0.211. The number of esters is 1. The molecule has 0 heterocycles. The molecule has 2 N–H and O–H groups in total. The first-order chi connectivity index (χ1) is 14.7. The van der Waals surface area contributed by atoms with Gasteiger partial charge in [-0.25, -0.2) is 4.79 Å². The van der Waals surface area contributed by atoms with Crippen molar-refractivity contribution < 1.29 is 19.0 Å². The number of rotatable bonds is 11. The highest BCUT2D eigenvalue weighted by molar-refractivity contribution is 5.93. The van der Waals surface area contributed by atoms with Gasteiger partial charge in [-0.05, 0) is 36.1 Å². The van der Waals surface area contributed by atoms with Gasteiger partial charge in [0.1, 0.15) is 17.9 Å². The van der Waals surface area contributed by atoms with Crippen LogP contribution >= 0.6 is 0 Å². The summed E-state index contributed by atoms with van der Waals surface area (Å²) in [6.45, 7) is 1.94. The molecule has 0 fully saturated rings. The zero-order chi connectivity index (χ0) is 21.0. The first-order valence-electron chi connectivity index (χ1n) is 10.1. The summed E-state index contributed by atoms with van der Waals surface area (Å²) in [6.07, 6.45) is 1.67. The minimum Gasteiger partial charge on any atom is -0.493 e. The van der Waals surface area contributed by atoms with E-state index in [2.05, 4.69) is 0 Å². The van der Waals surface area contributed by atoms with Gasteiger partial charge in [0.2, 0.25) is 0 Å². The van der Waals surface area contributed by atoms with E-state index in [1.165, 1.54) is 0 Å². The van der Waals surface area contributed by atoms with Gasteiger partial charge in [0.05, 0.1) is 13.2 Å². The van der Waals surface area contributed by atoms with E-state index in [4.69, 9.17) is 19.9 Å². The maximum atomic E-state index is 12.5. The normalized spacial score (nSPS) is 10.5. The van der Waals surface area contributed by atoms with Crippen molar-refractivity contribution in [3.05, 3.63) is 95.6 Å². The molecule has 0 aromatic heterocycles. The van der Waals surface area contributed by atoms with Crippen LogP contribution < -0.4 is 10.5 Å². The van der Waals surface area contributed by atoms with Gasteiger partial charge >= 0.3 is 5.97 Å². The molecule has 0 atom stereocenters. The molecule has 5 nitrogen and oxygen atoms in total. The summed E-state index contributed by atoms with van der Waals surface area (Å²) in [7, 11) is 0. The maximum Gasteiger partial charge on any atom is 0.342 e. The Morgan fingerprint density at radius 1 is 0.767 bits per heavy atom. The summed E-state index contributed by atoms with van der Waals surface area (Å²) in [5.74, 6) is 0.0123. The number of hydrogen-bond acceptors (Lipinski definition) is 5. The molecule has 5 heteroatoms. The molecule has 3 rings (SSSR count). The molecule has 0 radical (unpaired) electrons. The van der Waals surface area contributed by atoms with Crippen LogP contribution in [0.3, 0.4) is 0 Å². The fourth-order valence-electron chi connectivity index (χ4n) is 2.88. The second kappa shape index (κ2) is 11.6. The van der Waals surface area contributed by atoms with E-state index in [-0.39, 0.29) is 6.61 Å². The molecule has 0 bridgehead atoms. The Kier molecular flexibility index (Phi) is 8.30. The topological polar surface area (TPSA) is 70.8 Å². The third-order valence-corrected chi connectivity index (χ3v) is 4.49. The summed E-state index contributed by atoms with van der Waals surface area (Å²) >= 11 is 0. The summed E-state index contributed by atoms with van der Waals surface area (Å²) in [6, 6.07) is 24.6. The number of nitrogen functional groups attached to an aromatic ring is 1. The highest BCUT2D eigenvalue weighted by atomic mass is 16.5. The number of hydrogen-bond donors (Lipinski definition) is 1. The molecule has 30 heavy (non-hydrogen) atoms. The van der Waals surface area contributed by atoms with Gasteiger partial charge < -0.3 is 19.9 Å². The Morgan fingerprint density at radius 2 is 1.40 bits per heavy atom. The van der Waals surface area contributed by atoms with E-state index >= 15 is 0 Å². The van der Waals surface area contributed by atoms with Crippen LogP contribution in [0.4, 0.5) is 5.69 Å². The number of carbonyl (C=O) groups excluding carboxylic acids is 1. The van der Waals surface area contributed by atoms with Crippen LogP contribution in [0.15, 0.2) is 78.9 Å². The molecule has 3 aromatic carbocycles. The average Bonchev–Trinajstić information content (AvgIpc) is 2.78. The van der Waals surface area contributed by atoms with Crippen LogP contribution in [0.1, 0.15) is 34.3 Å². The smallest absolute Gasteiger partial charge is 0.342 e. The van der Waals surface area contributed by atoms with E-state index in [1.807, 2.05) is 60.7 Å². The van der Waals surface area contributed by atoms with Crippen LogP contribution in [0.5, 0.6) is 5.75 Å². The van der Waals surface area contributed by atoms with Crippen LogP contribution in [-0.2, 0) is 22.7 Å². The molecule has 0 aliphatic carbocycles. The average molecular weight is 405 g/mol. The van der Waals surface area contributed by atoms with Gasteiger partial charge in [0.15, 0.2) is 0 Å². The van der Waals surface area contributed by atoms with E-state index < -0.39 is 5.97 Å². The van der Waals surface area contributed by atoms with Crippen molar-refractivity contribution in [2.75, 3.05) is 18.9 Å². The third kappa shape index (κ3) is 6.94. The van der Waals surface area contributed by atoms with Crippen LogP contribution in [0.25, 0.3) is 0 Å². The van der Waals surface area contributed by atoms with Gasteiger partial charge in [-0.3, -0.25) is 0 Å². The molecule has 0 saturated heterocycles. The molecular weight excluding hydrogens is 378 g/mol. The zero-order valence-electron chi connectivity index (χ0n) is 17.0. The molecule has 0 saturated carbocycles. The number of benzene rings is 3. The number of carbonyl (C=O) groups is 1. The number of anilines is 1. The molecule has 0 unspecified atom stereocenters. The van der Waals surface area contributed by atoms with Crippen molar-refractivity contribution in [3.8, 4) is 5.75 Å². The second-order valence-electron chi connectivity index (χ2n) is 6.91. The Hall–Kier alpha value is -3.31. The summed E-state index contributed by atoms with van der Waals surface area (Å²) < 4.78 is 16.9. The van der Waals surface area contributed by atoms with E-state index in [0.29, 0.717) is 36.8 Å². The van der Waals surface area contributed by atoms with Crippen molar-refractivity contribution >= 4 is 11.7 Å². The van der Waals surface area contributed by atoms with Crippen molar-refractivity contribution in [1.29, 1.82) is 0 Å². The summed E-state index contributed by atoms with van der Waals surface area (Å²) in [4.78, 5) is 12.5. The predicted molar refractivity (Wildman–Crippen MR) is 117 cm³/mol. The van der Waals surface area contributed by atoms with Crippen LogP contribution in [-0.4, -0.2) is 19.2 Å². The molecule has 0 spiro atoms. The Bertz CT molecular complexity index is 913. The van der Waals surface area contributed by atoms with Gasteiger partial charge in [-0.15, -0.1) is 0 Å². The fraction of sp³-hybridized carbons (Fsp3) is 0.240. The van der Waals surface area contributed by atoms with E-state index in [9.17, 15) is 4.79 Å². The number of nitrogens with two attached hydrogens (primary N) is 1. The van der Waals surface area contributed by atoms with Gasteiger partial charge in [-0.2, -0.15) is 0 Å². The minimum atomic E-state index is -0.431. The van der Waals surface area contributed by atoms with Crippen LogP contribution in [0.2, 0.25) is 0 Å². The van der Waals surface area contributed by atoms with Gasteiger partial charge in [-0.1, -0.05) is 60.7 Å². The van der Waals surface area contributed by atoms with Gasteiger partial charge in [0.25, 0.3) is 0 Å². The standard InChI is InChI=1S/C25H27NO4/c26-22-13-14-23(25(27)30-19-21-11-5-2-6-12-21)24(17-22)29-16-8-7-15-28-18-20-9-3-1-4-10-20/h1-6,9-14,17H,7-8,15-16,18-19,26H2. The summed E-state index contributed by atoms with van der Waals surface area (Å²) in [5.41, 5.74) is 8.87. The van der Waals surface area contributed by atoms with Crippen LogP contribution in [0, 0.1) is 0 Å². The fourth-order valence-corrected chi connectivity index (χ4v) is 2.88. The van der Waals surface area contributed by atoms with E-state index in [1.54, 1.807) is 18.2 Å². The second-order valence-corrected chi connectivity index (χ2v) is 6.91. The van der Waals surface area contributed by atoms with Crippen molar-refractivity contribution in [2.45, 2.75) is 26.1 Å². The molecule has 0 aliphatic heterocycles. The molecule has 156 valence electrons. The number of unbranched alkanes of at least 4 members (excludes halogenated alkanes) is 1. The molecule has 0 amide bonds. The lowest BCUT2D eigenvalue weighted by molar-refractivity contribution is 0.0467. The van der Waals surface area contributed by atoms with Crippen molar-refractivity contribution in [1.82, 2.24) is 0 Å². The number of ether oxygens (including phenoxy) is 3. The maximum absolute atomic E-state index is 12.5. The third-order valence-electron chi connectivity index (χ3n) is 4.49.